The molecular formula is C36H39F3N6O2. The van der Waals surface area contributed by atoms with Gasteiger partial charge in [0.25, 0.3) is 5.91 Å². The number of nitrogens with one attached hydrogen (secondary N) is 2. The number of hydrogen-bond acceptors (Lipinski definition) is 6. The SMILES string of the molecule is Cc1ccc(C(=O)Nc2cc(C(F)(F)F)ccc2N2CC(C)(C)C2=O)cc1-c1ccc2nc(NCCCN3CCCCC3)ncc2c1. The minimum absolute atomic E-state index is 0.0745. The molecule has 2 amide bonds. The van der Waals surface area contributed by atoms with Crippen LogP contribution in [-0.4, -0.2) is 59.4 Å². The number of alkyl halides is 3. The Bertz CT molecular complexity index is 1820. The summed E-state index contributed by atoms with van der Waals surface area (Å²) in [4.78, 5) is 39.3. The normalized spacial score (nSPS) is 16.6. The number of β-lactam (4-membered cyclic amide) rings is 1. The van der Waals surface area contributed by atoms with E-state index in [0.29, 0.717) is 12.5 Å². The monoisotopic (exact) mass is 644 g/mol. The number of halogens is 3. The predicted octanol–water partition coefficient (Wildman–Crippen LogP) is 7.54. The Kier molecular flexibility index (Phi) is 8.93. The van der Waals surface area contributed by atoms with Crippen molar-refractivity contribution in [1.29, 1.82) is 0 Å². The summed E-state index contributed by atoms with van der Waals surface area (Å²) < 4.78 is 40.8. The highest BCUT2D eigenvalue weighted by Gasteiger charge is 2.46. The van der Waals surface area contributed by atoms with Gasteiger partial charge in [0.15, 0.2) is 0 Å². The third-order valence-corrected chi connectivity index (χ3v) is 9.01. The zero-order valence-corrected chi connectivity index (χ0v) is 26.9. The summed E-state index contributed by atoms with van der Waals surface area (Å²) in [6.45, 7) is 10.0. The zero-order chi connectivity index (χ0) is 33.3. The van der Waals surface area contributed by atoms with E-state index in [1.165, 1.54) is 43.3 Å². The maximum atomic E-state index is 13.6. The first-order valence-corrected chi connectivity index (χ1v) is 16.1. The Balaban J connectivity index is 1.19. The Hall–Kier alpha value is -4.51. The van der Waals surface area contributed by atoms with Gasteiger partial charge in [0, 0.05) is 30.2 Å². The van der Waals surface area contributed by atoms with Gasteiger partial charge in [-0.25, -0.2) is 9.97 Å². The van der Waals surface area contributed by atoms with Crippen molar-refractivity contribution in [1.82, 2.24) is 14.9 Å². The van der Waals surface area contributed by atoms with Crippen molar-refractivity contribution in [2.45, 2.75) is 52.6 Å². The minimum atomic E-state index is -4.61. The standard InChI is InChI=1S/C36H39F3N6O2/c1-23-8-9-25(32(46)42-30-20-27(36(37,38)39)11-13-31(30)45-22-35(2,3)33(45)47)19-28(23)24-10-12-29-26(18-24)21-41-34(43-29)40-14-7-17-44-15-5-4-6-16-44/h8-13,18-21H,4-7,14-17,22H2,1-3H3,(H,42,46)(H,40,41,43). The van der Waals surface area contributed by atoms with Gasteiger partial charge >= 0.3 is 6.18 Å². The predicted molar refractivity (Wildman–Crippen MR) is 179 cm³/mol. The first-order valence-electron chi connectivity index (χ1n) is 16.1. The van der Waals surface area contributed by atoms with E-state index < -0.39 is 23.1 Å². The number of nitrogens with zero attached hydrogens (tertiary/aromatic N) is 4. The molecule has 0 radical (unpaired) electrons. The van der Waals surface area contributed by atoms with Crippen molar-refractivity contribution < 1.29 is 22.8 Å². The van der Waals surface area contributed by atoms with E-state index in [1.807, 2.05) is 25.1 Å². The van der Waals surface area contributed by atoms with Crippen LogP contribution in [0.4, 0.5) is 30.5 Å². The van der Waals surface area contributed by atoms with Crippen molar-refractivity contribution in [3.63, 3.8) is 0 Å². The quantitative estimate of drug-likeness (QED) is 0.145. The third-order valence-electron chi connectivity index (χ3n) is 9.01. The topological polar surface area (TPSA) is 90.5 Å². The van der Waals surface area contributed by atoms with Crippen LogP contribution in [0, 0.1) is 12.3 Å². The second kappa shape index (κ2) is 12.9. The van der Waals surface area contributed by atoms with Gasteiger partial charge in [0.05, 0.1) is 27.9 Å². The molecule has 3 heterocycles. The summed E-state index contributed by atoms with van der Waals surface area (Å²) in [7, 11) is 0. The van der Waals surface area contributed by atoms with E-state index in [9.17, 15) is 22.8 Å². The second-order valence-electron chi connectivity index (χ2n) is 13.1. The fourth-order valence-electron chi connectivity index (χ4n) is 6.29. The number of carbonyl (C=O) groups is 2. The van der Waals surface area contributed by atoms with Crippen LogP contribution < -0.4 is 15.5 Å². The summed E-state index contributed by atoms with van der Waals surface area (Å²) in [5, 5.41) is 6.82. The molecule has 246 valence electrons. The molecule has 0 spiro atoms. The summed E-state index contributed by atoms with van der Waals surface area (Å²) in [6, 6.07) is 14.0. The first-order chi connectivity index (χ1) is 22.4. The number of aromatic nitrogens is 2. The molecule has 6 rings (SSSR count). The smallest absolute Gasteiger partial charge is 0.354 e. The summed E-state index contributed by atoms with van der Waals surface area (Å²) >= 11 is 0. The average molecular weight is 645 g/mol. The Morgan fingerprint density at radius 3 is 2.51 bits per heavy atom. The number of piperidine rings is 1. The Morgan fingerprint density at radius 1 is 1.00 bits per heavy atom. The number of benzene rings is 3. The van der Waals surface area contributed by atoms with Gasteiger partial charge in [-0.3, -0.25) is 9.59 Å². The first kappa shape index (κ1) is 32.4. The van der Waals surface area contributed by atoms with E-state index >= 15 is 0 Å². The summed E-state index contributed by atoms with van der Waals surface area (Å²) in [5.41, 5.74) is 2.24. The maximum Gasteiger partial charge on any atom is 0.416 e. The molecule has 0 bridgehead atoms. The minimum Gasteiger partial charge on any atom is -0.354 e. The largest absolute Gasteiger partial charge is 0.416 e. The Labute approximate surface area is 272 Å². The van der Waals surface area contributed by atoms with Crippen LogP contribution in [-0.2, 0) is 11.0 Å². The number of likely N-dealkylation sites (tertiary alicyclic amines) is 1. The molecule has 2 fully saturated rings. The molecular weight excluding hydrogens is 605 g/mol. The van der Waals surface area contributed by atoms with Crippen LogP contribution >= 0.6 is 0 Å². The number of aryl methyl sites for hydroxylation is 1. The molecule has 47 heavy (non-hydrogen) atoms. The lowest BCUT2D eigenvalue weighted by molar-refractivity contribution is -0.137. The highest BCUT2D eigenvalue weighted by Crippen LogP contribution is 2.41. The van der Waals surface area contributed by atoms with E-state index in [2.05, 4.69) is 25.5 Å². The van der Waals surface area contributed by atoms with Crippen molar-refractivity contribution in [3.8, 4) is 11.1 Å². The molecule has 0 atom stereocenters. The van der Waals surface area contributed by atoms with Gasteiger partial charge in [-0.2, -0.15) is 13.2 Å². The molecule has 4 aromatic rings. The van der Waals surface area contributed by atoms with Crippen LogP contribution in [0.15, 0.2) is 60.8 Å². The lowest BCUT2D eigenvalue weighted by atomic mass is 9.82. The number of anilines is 3. The van der Waals surface area contributed by atoms with Crippen LogP contribution in [0.5, 0.6) is 0 Å². The number of amides is 2. The Morgan fingerprint density at radius 2 is 1.79 bits per heavy atom. The molecule has 11 heteroatoms. The fraction of sp³-hybridized carbons (Fsp3) is 0.389. The number of fused-ring (bicyclic) bond motifs is 1. The molecule has 3 aromatic carbocycles. The van der Waals surface area contributed by atoms with Crippen LogP contribution in [0.1, 0.15) is 61.0 Å². The molecule has 2 N–H and O–H groups in total. The summed E-state index contributed by atoms with van der Waals surface area (Å²) in [5.74, 6) is -0.225. The van der Waals surface area contributed by atoms with Gasteiger partial charge in [-0.1, -0.05) is 18.6 Å². The van der Waals surface area contributed by atoms with Gasteiger partial charge in [-0.15, -0.1) is 0 Å². The van der Waals surface area contributed by atoms with Crippen molar-refractivity contribution in [2.75, 3.05) is 48.3 Å². The number of rotatable bonds is 9. The lowest BCUT2D eigenvalue weighted by Crippen LogP contribution is -2.58. The third kappa shape index (κ3) is 7.10. The molecule has 0 aliphatic carbocycles. The zero-order valence-electron chi connectivity index (χ0n) is 26.9. The van der Waals surface area contributed by atoms with E-state index in [4.69, 9.17) is 0 Å². The van der Waals surface area contributed by atoms with Crippen LogP contribution in [0.25, 0.3) is 22.0 Å². The van der Waals surface area contributed by atoms with Crippen LogP contribution in [0.2, 0.25) is 0 Å². The van der Waals surface area contributed by atoms with Crippen molar-refractivity contribution >= 4 is 40.0 Å². The molecule has 0 unspecified atom stereocenters. The highest BCUT2D eigenvalue weighted by molar-refractivity contribution is 6.11. The molecule has 2 aliphatic rings. The van der Waals surface area contributed by atoms with E-state index in [0.717, 1.165) is 59.2 Å². The molecule has 8 nitrogen and oxygen atoms in total. The van der Waals surface area contributed by atoms with Crippen molar-refractivity contribution in [2.24, 2.45) is 5.41 Å². The molecule has 1 aromatic heterocycles. The number of carbonyl (C=O) groups excluding carboxylic acids is 2. The second-order valence-corrected chi connectivity index (χ2v) is 13.1. The van der Waals surface area contributed by atoms with E-state index in [1.54, 1.807) is 38.2 Å². The van der Waals surface area contributed by atoms with Gasteiger partial charge in [0.1, 0.15) is 0 Å². The number of hydrogen-bond donors (Lipinski definition) is 2. The lowest BCUT2D eigenvalue weighted by Gasteiger charge is -2.45. The maximum absolute atomic E-state index is 13.6. The molecule has 2 aliphatic heterocycles. The van der Waals surface area contributed by atoms with Gasteiger partial charge < -0.3 is 20.4 Å². The molecule has 2 saturated heterocycles. The fourth-order valence-corrected chi connectivity index (χ4v) is 6.29. The van der Waals surface area contributed by atoms with Crippen molar-refractivity contribution in [3.05, 3.63) is 77.5 Å². The molecule has 0 saturated carbocycles. The van der Waals surface area contributed by atoms with Gasteiger partial charge in [0.2, 0.25) is 11.9 Å². The van der Waals surface area contributed by atoms with E-state index in [-0.39, 0.29) is 22.8 Å². The average Bonchev–Trinajstić information content (AvgIpc) is 3.05. The van der Waals surface area contributed by atoms with Gasteiger partial charge in [-0.05, 0) is 119 Å². The highest BCUT2D eigenvalue weighted by atomic mass is 19.4. The summed E-state index contributed by atoms with van der Waals surface area (Å²) in [6.07, 6.45) is 2.07. The van der Waals surface area contributed by atoms with Crippen LogP contribution in [0.3, 0.4) is 0 Å².